The summed E-state index contributed by atoms with van der Waals surface area (Å²) in [7, 11) is 0. The van der Waals surface area contributed by atoms with Crippen molar-refractivity contribution in [2.45, 2.75) is 40.5 Å². The minimum Gasteiger partial charge on any atom is -0.379 e. The van der Waals surface area contributed by atoms with Gasteiger partial charge in [0.1, 0.15) is 19.0 Å². The van der Waals surface area contributed by atoms with Crippen LogP contribution in [0.4, 0.5) is 0 Å². The molecule has 0 unspecified atom stereocenters. The van der Waals surface area contributed by atoms with E-state index in [1.807, 2.05) is 27.7 Å². The Morgan fingerprint density at radius 2 is 1.32 bits per heavy atom. The molecule has 0 aliphatic rings. The Kier molecular flexibility index (Phi) is 21.1. The number of carbonyl (C=O) groups is 3. The second-order valence-electron chi connectivity index (χ2n) is 4.64. The lowest BCUT2D eigenvalue weighted by Gasteiger charge is -2.08. The summed E-state index contributed by atoms with van der Waals surface area (Å²) in [5.41, 5.74) is 0. The van der Waals surface area contributed by atoms with Gasteiger partial charge in [0.05, 0.1) is 19.8 Å². The monoisotopic (exact) mass is 366 g/mol. The van der Waals surface area contributed by atoms with Gasteiger partial charge in [-0.2, -0.15) is 0 Å². The van der Waals surface area contributed by atoms with E-state index in [2.05, 4.69) is 10.6 Å². The summed E-state index contributed by atoms with van der Waals surface area (Å²) in [6, 6.07) is 0. The van der Waals surface area contributed by atoms with E-state index in [4.69, 9.17) is 14.2 Å². The predicted octanol–water partition coefficient (Wildman–Crippen LogP) is 1.18. The zero-order valence-corrected chi connectivity index (χ0v) is 16.0. The normalized spacial score (nSPS) is 9.76. The van der Waals surface area contributed by atoms with Crippen molar-refractivity contribution in [1.82, 2.24) is 10.6 Å². The summed E-state index contributed by atoms with van der Waals surface area (Å²) in [6.07, 6.45) is 0.923. The summed E-state index contributed by atoms with van der Waals surface area (Å²) in [5.74, 6) is -0.298. The molecule has 0 aromatic heterocycles. The Balaban J connectivity index is -0.000000637. The van der Waals surface area contributed by atoms with Gasteiger partial charge < -0.3 is 24.8 Å². The SMILES string of the molecule is CC.CCOCC(=O)NCCOCC(=O)NCCOCCC(=O)CC.[HH].[HH]. The lowest BCUT2D eigenvalue weighted by Crippen LogP contribution is -2.33. The van der Waals surface area contributed by atoms with Gasteiger partial charge in [-0.05, 0) is 6.92 Å². The number of nitrogens with one attached hydrogen (secondary N) is 2. The van der Waals surface area contributed by atoms with Crippen LogP contribution in [0.15, 0.2) is 0 Å². The molecule has 0 bridgehead atoms. The molecule has 0 rings (SSSR count). The molecule has 0 aliphatic heterocycles. The summed E-state index contributed by atoms with van der Waals surface area (Å²) in [4.78, 5) is 33.6. The van der Waals surface area contributed by atoms with Gasteiger partial charge in [-0.25, -0.2) is 0 Å². The number of Topliss-reactive ketones (excluding diaryl/α,β-unsaturated/α-hetero) is 1. The molecule has 0 aromatic carbocycles. The van der Waals surface area contributed by atoms with E-state index in [1.54, 1.807) is 0 Å². The van der Waals surface area contributed by atoms with Gasteiger partial charge >= 0.3 is 0 Å². The third-order valence-corrected chi connectivity index (χ3v) is 2.73. The maximum Gasteiger partial charge on any atom is 0.246 e. The Morgan fingerprint density at radius 1 is 0.800 bits per heavy atom. The molecule has 2 amide bonds. The number of rotatable bonds is 15. The average molecular weight is 366 g/mol. The predicted molar refractivity (Wildman–Crippen MR) is 99.6 cm³/mol. The number of hydrogen-bond donors (Lipinski definition) is 2. The molecule has 0 saturated heterocycles. The minimum absolute atomic E-state index is 0. The molecule has 2 N–H and O–H groups in total. The Morgan fingerprint density at radius 3 is 1.84 bits per heavy atom. The molecule has 152 valence electrons. The van der Waals surface area contributed by atoms with E-state index >= 15 is 0 Å². The number of carbonyl (C=O) groups excluding carboxylic acids is 3. The van der Waals surface area contributed by atoms with Gasteiger partial charge in [0.15, 0.2) is 0 Å². The van der Waals surface area contributed by atoms with Gasteiger partial charge in [-0.3, -0.25) is 14.4 Å². The van der Waals surface area contributed by atoms with Gasteiger partial charge in [0, 0.05) is 35.4 Å². The fraction of sp³-hybridized carbons (Fsp3) is 0.824. The maximum absolute atomic E-state index is 11.4. The van der Waals surface area contributed by atoms with Crippen LogP contribution in [0.1, 0.15) is 43.4 Å². The van der Waals surface area contributed by atoms with Crippen molar-refractivity contribution < 1.29 is 31.4 Å². The first-order valence-electron chi connectivity index (χ1n) is 8.88. The number of hydrogen-bond acceptors (Lipinski definition) is 6. The molecule has 0 saturated carbocycles. The summed E-state index contributed by atoms with van der Waals surface area (Å²) < 4.78 is 15.3. The smallest absolute Gasteiger partial charge is 0.246 e. The topological polar surface area (TPSA) is 103 Å². The molecule has 0 fully saturated rings. The number of ether oxygens (including phenoxy) is 3. The fourth-order valence-corrected chi connectivity index (χ4v) is 1.45. The first-order valence-corrected chi connectivity index (χ1v) is 8.88. The van der Waals surface area contributed by atoms with E-state index in [0.717, 1.165) is 0 Å². The summed E-state index contributed by atoms with van der Waals surface area (Å²) in [5, 5.41) is 5.23. The van der Waals surface area contributed by atoms with Gasteiger partial charge in [-0.1, -0.05) is 20.8 Å². The van der Waals surface area contributed by atoms with Crippen LogP contribution in [0.2, 0.25) is 0 Å². The van der Waals surface area contributed by atoms with Crippen molar-refractivity contribution in [2.24, 2.45) is 0 Å². The molecule has 8 nitrogen and oxygen atoms in total. The Hall–Kier alpha value is -1.51. The molecular formula is C17H38N2O6. The molecule has 0 spiro atoms. The lowest BCUT2D eigenvalue weighted by molar-refractivity contribution is -0.127. The average Bonchev–Trinajstić information content (AvgIpc) is 2.63. The lowest BCUT2D eigenvalue weighted by atomic mass is 10.2. The third kappa shape index (κ3) is 20.4. The van der Waals surface area contributed by atoms with Crippen molar-refractivity contribution in [3.8, 4) is 0 Å². The van der Waals surface area contributed by atoms with Crippen LogP contribution < -0.4 is 10.6 Å². The molecular weight excluding hydrogens is 328 g/mol. The second-order valence-corrected chi connectivity index (χ2v) is 4.64. The quantitative estimate of drug-likeness (QED) is 0.422. The molecule has 0 aromatic rings. The first-order chi connectivity index (χ1) is 12.1. The highest BCUT2D eigenvalue weighted by atomic mass is 16.5. The van der Waals surface area contributed by atoms with Crippen LogP contribution in [0, 0.1) is 0 Å². The van der Waals surface area contributed by atoms with Crippen LogP contribution in [-0.2, 0) is 28.6 Å². The third-order valence-electron chi connectivity index (χ3n) is 2.73. The van der Waals surface area contributed by atoms with Crippen molar-refractivity contribution in [1.29, 1.82) is 0 Å². The van der Waals surface area contributed by atoms with Crippen LogP contribution in [0.5, 0.6) is 0 Å². The van der Waals surface area contributed by atoms with Crippen LogP contribution >= 0.6 is 0 Å². The minimum atomic E-state index is -0.251. The molecule has 25 heavy (non-hydrogen) atoms. The van der Waals surface area contributed by atoms with Gasteiger partial charge in [0.2, 0.25) is 11.8 Å². The van der Waals surface area contributed by atoms with Crippen LogP contribution in [0.3, 0.4) is 0 Å². The number of amides is 2. The molecule has 8 heteroatoms. The molecule has 0 heterocycles. The van der Waals surface area contributed by atoms with E-state index in [9.17, 15) is 14.4 Å². The first kappa shape index (κ1) is 25.7. The van der Waals surface area contributed by atoms with Crippen molar-refractivity contribution in [3.63, 3.8) is 0 Å². The Labute approximate surface area is 153 Å². The largest absolute Gasteiger partial charge is 0.379 e. The van der Waals surface area contributed by atoms with Crippen molar-refractivity contribution in [3.05, 3.63) is 0 Å². The molecule has 0 atom stereocenters. The van der Waals surface area contributed by atoms with E-state index in [-0.39, 0.29) is 40.3 Å². The van der Waals surface area contributed by atoms with Crippen molar-refractivity contribution in [2.75, 3.05) is 52.7 Å². The summed E-state index contributed by atoms with van der Waals surface area (Å²) >= 11 is 0. The van der Waals surface area contributed by atoms with Crippen LogP contribution in [-0.4, -0.2) is 70.3 Å². The highest BCUT2D eigenvalue weighted by molar-refractivity contribution is 5.78. The maximum atomic E-state index is 11.4. The zero-order chi connectivity index (χ0) is 19.3. The summed E-state index contributed by atoms with van der Waals surface area (Å²) in [6.45, 7) is 9.75. The second kappa shape index (κ2) is 20.5. The van der Waals surface area contributed by atoms with Gasteiger partial charge in [-0.15, -0.1) is 0 Å². The zero-order valence-electron chi connectivity index (χ0n) is 16.0. The fourth-order valence-electron chi connectivity index (χ4n) is 1.45. The van der Waals surface area contributed by atoms with Crippen molar-refractivity contribution >= 4 is 17.6 Å². The van der Waals surface area contributed by atoms with E-state index in [1.165, 1.54) is 0 Å². The Bertz CT molecular complexity index is 360. The van der Waals surface area contributed by atoms with Crippen LogP contribution in [0.25, 0.3) is 0 Å². The number of ketones is 1. The molecule has 0 aliphatic carbocycles. The van der Waals surface area contributed by atoms with Gasteiger partial charge in [0.25, 0.3) is 0 Å². The van der Waals surface area contributed by atoms with E-state index in [0.29, 0.717) is 45.8 Å². The molecule has 0 radical (unpaired) electrons. The highest BCUT2D eigenvalue weighted by Gasteiger charge is 2.03. The van der Waals surface area contributed by atoms with E-state index < -0.39 is 0 Å². The highest BCUT2D eigenvalue weighted by Crippen LogP contribution is 1.89. The standard InChI is InChI=1S/C15H28N2O6.C2H6.2H2/c1-3-13(18)5-8-22-9-6-16-15(20)12-23-10-7-17-14(19)11-21-4-2;1-2;;/h3-12H2,1-2H3,(H,16,20)(H,17,19);1-2H3;2*1H.